The molecule has 2 rings (SSSR count). The van der Waals surface area contributed by atoms with Gasteiger partial charge in [0.2, 0.25) is 5.16 Å². The summed E-state index contributed by atoms with van der Waals surface area (Å²) in [7, 11) is 0. The number of tetrazole rings is 1. The van der Waals surface area contributed by atoms with E-state index in [1.807, 2.05) is 19.1 Å². The average Bonchev–Trinajstić information content (AvgIpc) is 2.87. The van der Waals surface area contributed by atoms with Crippen LogP contribution in [0, 0.1) is 0 Å². The minimum absolute atomic E-state index is 0.554. The highest BCUT2D eigenvalue weighted by molar-refractivity contribution is 7.99. The Morgan fingerprint density at radius 3 is 3.19 bits per heavy atom. The molecule has 2 heterocycles. The molecule has 0 aliphatic heterocycles. The smallest absolute Gasteiger partial charge is 0.210 e. The highest BCUT2D eigenvalue weighted by Gasteiger charge is 2.08. The molecule has 0 aliphatic carbocycles. The second-order valence-electron chi connectivity index (χ2n) is 3.44. The Morgan fingerprint density at radius 1 is 1.62 bits per heavy atom. The Hall–Kier alpha value is -1.56. The normalized spacial score (nSPS) is 10.6. The molecule has 0 saturated heterocycles. The van der Waals surface area contributed by atoms with E-state index in [0.29, 0.717) is 6.54 Å². The van der Waals surface area contributed by atoms with Crippen LogP contribution in [0.5, 0.6) is 0 Å². The number of thioether (sulfide) groups is 1. The van der Waals surface area contributed by atoms with Crippen LogP contribution in [0.1, 0.15) is 12.7 Å². The summed E-state index contributed by atoms with van der Waals surface area (Å²) >= 11 is 1.57. The molecule has 0 atom stereocenters. The van der Waals surface area contributed by atoms with Crippen LogP contribution in [-0.2, 0) is 6.54 Å². The van der Waals surface area contributed by atoms with Crippen LogP contribution in [0.2, 0.25) is 0 Å². The maximum Gasteiger partial charge on any atom is 0.210 e. The van der Waals surface area contributed by atoms with E-state index in [1.54, 1.807) is 22.7 Å². The van der Waals surface area contributed by atoms with Gasteiger partial charge in [-0.05, 0) is 29.5 Å². The van der Waals surface area contributed by atoms with Gasteiger partial charge < -0.3 is 4.42 Å². The molecular formula is C10H12N4OS. The number of hydrogen-bond donors (Lipinski definition) is 0. The van der Waals surface area contributed by atoms with Crippen LogP contribution in [0.4, 0.5) is 0 Å². The molecule has 0 spiro atoms. The Bertz CT molecular complexity index is 463. The van der Waals surface area contributed by atoms with Crippen LogP contribution in [0.3, 0.4) is 0 Å². The predicted octanol–water partition coefficient (Wildman–Crippen LogP) is 1.98. The molecule has 0 aromatic carbocycles. The number of aromatic nitrogens is 4. The first-order valence-electron chi connectivity index (χ1n) is 4.81. The molecule has 2 aromatic heterocycles. The fourth-order valence-corrected chi connectivity index (χ4v) is 1.86. The quantitative estimate of drug-likeness (QED) is 0.587. The maximum absolute atomic E-state index is 5.24. The molecule has 2 aromatic rings. The lowest BCUT2D eigenvalue weighted by Crippen LogP contribution is -2.03. The number of nitrogens with zero attached hydrogens (tertiary/aromatic N) is 4. The first-order chi connectivity index (χ1) is 7.75. The van der Waals surface area contributed by atoms with Gasteiger partial charge >= 0.3 is 0 Å². The zero-order valence-corrected chi connectivity index (χ0v) is 9.78. The van der Waals surface area contributed by atoms with Crippen molar-refractivity contribution < 1.29 is 4.42 Å². The third-order valence-electron chi connectivity index (χ3n) is 1.83. The standard InChI is InChI=1S/C10H12N4OS/c1-8(2)7-16-10-11-12-13-14(10)6-9-4-3-5-15-9/h3-5H,1,6-7H2,2H3. The van der Waals surface area contributed by atoms with Crippen LogP contribution in [0.25, 0.3) is 0 Å². The van der Waals surface area contributed by atoms with Gasteiger partial charge in [-0.3, -0.25) is 0 Å². The third-order valence-corrected chi connectivity index (χ3v) is 3.02. The molecule has 6 heteroatoms. The Labute approximate surface area is 97.5 Å². The molecule has 84 valence electrons. The minimum atomic E-state index is 0.554. The van der Waals surface area contributed by atoms with E-state index in [0.717, 1.165) is 22.2 Å². The molecule has 0 amide bonds. The summed E-state index contributed by atoms with van der Waals surface area (Å²) in [6, 6.07) is 3.75. The summed E-state index contributed by atoms with van der Waals surface area (Å²) in [6.45, 7) is 6.38. The Kier molecular flexibility index (Phi) is 3.40. The molecule has 5 nitrogen and oxygen atoms in total. The van der Waals surface area contributed by atoms with E-state index >= 15 is 0 Å². The van der Waals surface area contributed by atoms with Gasteiger partial charge in [0, 0.05) is 5.75 Å². The van der Waals surface area contributed by atoms with E-state index in [2.05, 4.69) is 22.1 Å². The van der Waals surface area contributed by atoms with Crippen molar-refractivity contribution in [1.29, 1.82) is 0 Å². The molecule has 0 bridgehead atoms. The van der Waals surface area contributed by atoms with Crippen LogP contribution in [0.15, 0.2) is 40.1 Å². The fraction of sp³-hybridized carbons (Fsp3) is 0.300. The zero-order chi connectivity index (χ0) is 11.4. The summed E-state index contributed by atoms with van der Waals surface area (Å²) in [5, 5.41) is 12.3. The first kappa shape index (κ1) is 10.9. The summed E-state index contributed by atoms with van der Waals surface area (Å²) in [6.07, 6.45) is 1.64. The van der Waals surface area contributed by atoms with E-state index < -0.39 is 0 Å². The van der Waals surface area contributed by atoms with Crippen molar-refractivity contribution in [2.24, 2.45) is 0 Å². The number of furan rings is 1. The molecule has 0 unspecified atom stereocenters. The largest absolute Gasteiger partial charge is 0.467 e. The highest BCUT2D eigenvalue weighted by Crippen LogP contribution is 2.17. The van der Waals surface area contributed by atoms with E-state index in [-0.39, 0.29) is 0 Å². The van der Waals surface area contributed by atoms with Gasteiger partial charge in [-0.15, -0.1) is 5.10 Å². The van der Waals surface area contributed by atoms with Crippen LogP contribution >= 0.6 is 11.8 Å². The van der Waals surface area contributed by atoms with E-state index in [9.17, 15) is 0 Å². The van der Waals surface area contributed by atoms with Gasteiger partial charge in [-0.25, -0.2) is 4.68 Å². The number of rotatable bonds is 5. The van der Waals surface area contributed by atoms with Crippen LogP contribution in [-0.4, -0.2) is 26.0 Å². The zero-order valence-electron chi connectivity index (χ0n) is 8.96. The molecule has 0 saturated carbocycles. The van der Waals surface area contributed by atoms with Gasteiger partial charge in [0.15, 0.2) is 0 Å². The Balaban J connectivity index is 2.04. The monoisotopic (exact) mass is 236 g/mol. The molecule has 0 N–H and O–H groups in total. The lowest BCUT2D eigenvalue weighted by Gasteiger charge is -2.01. The third kappa shape index (κ3) is 2.73. The minimum Gasteiger partial charge on any atom is -0.467 e. The summed E-state index contributed by atoms with van der Waals surface area (Å²) < 4.78 is 6.96. The predicted molar refractivity (Wildman–Crippen MR) is 61.2 cm³/mol. The molecule has 0 aliphatic rings. The summed E-state index contributed by atoms with van der Waals surface area (Å²) in [5.41, 5.74) is 1.09. The maximum atomic E-state index is 5.24. The second kappa shape index (κ2) is 4.98. The van der Waals surface area contributed by atoms with Gasteiger partial charge in [0.25, 0.3) is 0 Å². The second-order valence-corrected chi connectivity index (χ2v) is 4.39. The molecule has 0 fully saturated rings. The summed E-state index contributed by atoms with van der Waals surface area (Å²) in [5.74, 6) is 1.66. The lowest BCUT2D eigenvalue weighted by atomic mass is 10.4. The molecular weight excluding hydrogens is 224 g/mol. The molecule has 16 heavy (non-hydrogen) atoms. The highest BCUT2D eigenvalue weighted by atomic mass is 32.2. The molecule has 0 radical (unpaired) electrons. The van der Waals surface area contributed by atoms with Crippen molar-refractivity contribution in [3.05, 3.63) is 36.3 Å². The first-order valence-corrected chi connectivity index (χ1v) is 5.80. The number of hydrogen-bond acceptors (Lipinski definition) is 5. The van der Waals surface area contributed by atoms with E-state index in [1.165, 1.54) is 0 Å². The van der Waals surface area contributed by atoms with Crippen molar-refractivity contribution in [3.63, 3.8) is 0 Å². The lowest BCUT2D eigenvalue weighted by molar-refractivity contribution is 0.462. The van der Waals surface area contributed by atoms with Gasteiger partial charge in [-0.2, -0.15) is 0 Å². The van der Waals surface area contributed by atoms with Gasteiger partial charge in [-0.1, -0.05) is 23.9 Å². The Morgan fingerprint density at radius 2 is 2.50 bits per heavy atom. The van der Waals surface area contributed by atoms with Crippen molar-refractivity contribution in [3.8, 4) is 0 Å². The fourth-order valence-electron chi connectivity index (χ4n) is 1.14. The SMILES string of the molecule is C=C(C)CSc1nnnn1Cc1ccco1. The van der Waals surface area contributed by atoms with Crippen molar-refractivity contribution >= 4 is 11.8 Å². The average molecular weight is 236 g/mol. The summed E-state index contributed by atoms with van der Waals surface area (Å²) in [4.78, 5) is 0. The van der Waals surface area contributed by atoms with Crippen LogP contribution < -0.4 is 0 Å². The topological polar surface area (TPSA) is 56.7 Å². The van der Waals surface area contributed by atoms with Gasteiger partial charge in [0.05, 0.1) is 6.26 Å². The van der Waals surface area contributed by atoms with Crippen molar-refractivity contribution in [2.45, 2.75) is 18.6 Å². The van der Waals surface area contributed by atoms with E-state index in [4.69, 9.17) is 4.42 Å². The van der Waals surface area contributed by atoms with Crippen molar-refractivity contribution in [2.75, 3.05) is 5.75 Å². The van der Waals surface area contributed by atoms with Gasteiger partial charge in [0.1, 0.15) is 12.3 Å². The van der Waals surface area contributed by atoms with Crippen molar-refractivity contribution in [1.82, 2.24) is 20.2 Å².